The van der Waals surface area contributed by atoms with Crippen LogP contribution in [0.4, 0.5) is 21.4 Å². The summed E-state index contributed by atoms with van der Waals surface area (Å²) in [5.41, 5.74) is 37.7. The van der Waals surface area contributed by atoms with E-state index in [1.807, 2.05) is 0 Å². The van der Waals surface area contributed by atoms with Gasteiger partial charge in [0.05, 0.1) is 15.5 Å². The molecule has 0 bridgehead atoms. The molecule has 0 fully saturated rings. The maximum Gasteiger partial charge on any atom is 0.0932 e. The molecule has 0 unspecified atom stereocenters. The van der Waals surface area contributed by atoms with Crippen molar-refractivity contribution in [1.82, 2.24) is 0 Å². The van der Waals surface area contributed by atoms with Crippen LogP contribution in [-0.4, -0.2) is 6.54 Å². The lowest BCUT2D eigenvalue weighted by Crippen LogP contribution is -2.41. The van der Waals surface area contributed by atoms with Gasteiger partial charge in [0.25, 0.3) is 0 Å². The number of hydrogen-bond acceptors (Lipinski definition) is 8. The van der Waals surface area contributed by atoms with Crippen LogP contribution < -0.4 is 34.4 Å². The smallest absolute Gasteiger partial charge is 0.0932 e. The van der Waals surface area contributed by atoms with Crippen LogP contribution in [0.2, 0.25) is 0 Å². The van der Waals surface area contributed by atoms with Crippen LogP contribution in [-0.2, 0) is 5.54 Å². The first kappa shape index (κ1) is 13.9. The van der Waals surface area contributed by atoms with Gasteiger partial charge in [-0.3, -0.25) is 0 Å². The van der Waals surface area contributed by atoms with Crippen LogP contribution in [0, 0.1) is 0 Å². The number of anilines is 4. The molecule has 0 amide bonds. The van der Waals surface area contributed by atoms with Crippen molar-refractivity contribution in [2.75, 3.05) is 29.5 Å². The van der Waals surface area contributed by atoms with E-state index in [1.165, 1.54) is 22.7 Å². The molecule has 12 N–H and O–H groups in total. The summed E-state index contributed by atoms with van der Waals surface area (Å²) in [6.07, 6.45) is 0.462. The molecule has 0 spiro atoms. The zero-order chi connectivity index (χ0) is 14.2. The molecule has 2 rings (SSSR count). The molecular formula is C11H18N6S2. The molecule has 104 valence electrons. The van der Waals surface area contributed by atoms with Crippen molar-refractivity contribution in [3.63, 3.8) is 0 Å². The third-order valence-electron chi connectivity index (χ3n) is 3.13. The summed E-state index contributed by atoms with van der Waals surface area (Å²) in [5.74, 6) is 0. The fraction of sp³-hybridized carbons (Fsp3) is 0.273. The minimum absolute atomic E-state index is 0.375. The standard InChI is InChI=1S/C11H18N6S2/c12-2-1-11(17,7-5(13)3-18-9(7)15)8-6(14)4-19-10(8)16/h3-4H,1-2,12-17H2. The highest BCUT2D eigenvalue weighted by Crippen LogP contribution is 2.46. The summed E-state index contributed by atoms with van der Waals surface area (Å²) < 4.78 is 0. The molecule has 0 aliphatic rings. The molecule has 0 atom stereocenters. The van der Waals surface area contributed by atoms with E-state index in [0.717, 1.165) is 0 Å². The van der Waals surface area contributed by atoms with Gasteiger partial charge in [0.1, 0.15) is 0 Å². The van der Waals surface area contributed by atoms with Gasteiger partial charge in [-0.05, 0) is 13.0 Å². The van der Waals surface area contributed by atoms with Crippen LogP contribution >= 0.6 is 22.7 Å². The lowest BCUT2D eigenvalue weighted by molar-refractivity contribution is 0.509. The number of nitrogens with two attached hydrogens (primary N) is 6. The van der Waals surface area contributed by atoms with Crippen LogP contribution in [0.5, 0.6) is 0 Å². The highest BCUT2D eigenvalue weighted by molar-refractivity contribution is 7.15. The molecule has 6 nitrogen and oxygen atoms in total. The Balaban J connectivity index is 2.69. The van der Waals surface area contributed by atoms with Gasteiger partial charge in [-0.1, -0.05) is 0 Å². The molecule has 0 saturated carbocycles. The molecule has 0 radical (unpaired) electrons. The second-order valence-electron chi connectivity index (χ2n) is 4.37. The Labute approximate surface area is 119 Å². The monoisotopic (exact) mass is 298 g/mol. The van der Waals surface area contributed by atoms with E-state index in [0.29, 0.717) is 45.5 Å². The van der Waals surface area contributed by atoms with Crippen molar-refractivity contribution in [2.24, 2.45) is 11.5 Å². The lowest BCUT2D eigenvalue weighted by Gasteiger charge is -2.31. The normalized spacial score (nSPS) is 11.9. The van der Waals surface area contributed by atoms with Crippen molar-refractivity contribution in [2.45, 2.75) is 12.0 Å². The second-order valence-corrected chi connectivity index (χ2v) is 6.19. The van der Waals surface area contributed by atoms with Crippen LogP contribution in [0.3, 0.4) is 0 Å². The first-order chi connectivity index (χ1) is 8.91. The highest BCUT2D eigenvalue weighted by atomic mass is 32.1. The largest absolute Gasteiger partial charge is 0.398 e. The van der Waals surface area contributed by atoms with E-state index in [1.54, 1.807) is 10.8 Å². The predicted octanol–water partition coefficient (Wildman–Crippen LogP) is 0.690. The Bertz CT molecular complexity index is 503. The number of hydrogen-bond donors (Lipinski definition) is 6. The van der Waals surface area contributed by atoms with Gasteiger partial charge >= 0.3 is 0 Å². The van der Waals surface area contributed by atoms with E-state index in [4.69, 9.17) is 34.4 Å². The molecule has 2 aromatic heterocycles. The van der Waals surface area contributed by atoms with Gasteiger partial charge < -0.3 is 34.4 Å². The van der Waals surface area contributed by atoms with E-state index < -0.39 is 5.54 Å². The maximum absolute atomic E-state index is 6.56. The Morgan fingerprint density at radius 1 is 0.895 bits per heavy atom. The number of rotatable bonds is 4. The summed E-state index contributed by atoms with van der Waals surface area (Å²) in [5, 5.41) is 4.67. The van der Waals surface area contributed by atoms with Crippen molar-refractivity contribution in [1.29, 1.82) is 0 Å². The highest BCUT2D eigenvalue weighted by Gasteiger charge is 2.37. The average molecular weight is 298 g/mol. The Morgan fingerprint density at radius 2 is 1.32 bits per heavy atom. The second kappa shape index (κ2) is 4.89. The minimum atomic E-state index is -0.947. The maximum atomic E-state index is 6.56. The van der Waals surface area contributed by atoms with E-state index in [-0.39, 0.29) is 0 Å². The van der Waals surface area contributed by atoms with Gasteiger partial charge in [0, 0.05) is 33.3 Å². The first-order valence-corrected chi connectivity index (χ1v) is 7.42. The molecule has 0 aromatic carbocycles. The minimum Gasteiger partial charge on any atom is -0.398 e. The van der Waals surface area contributed by atoms with Gasteiger partial charge in [-0.15, -0.1) is 22.7 Å². The first-order valence-electron chi connectivity index (χ1n) is 5.66. The van der Waals surface area contributed by atoms with Gasteiger partial charge in [0.2, 0.25) is 0 Å². The molecule has 19 heavy (non-hydrogen) atoms. The summed E-state index contributed by atoms with van der Waals surface area (Å²) in [6.45, 7) is 0.375. The topological polar surface area (TPSA) is 156 Å². The van der Waals surface area contributed by atoms with Crippen molar-refractivity contribution < 1.29 is 0 Å². The Kier molecular flexibility index (Phi) is 3.59. The summed E-state index contributed by atoms with van der Waals surface area (Å²) >= 11 is 2.69. The molecular weight excluding hydrogens is 280 g/mol. The van der Waals surface area contributed by atoms with Crippen LogP contribution in [0.25, 0.3) is 0 Å². The van der Waals surface area contributed by atoms with Gasteiger partial charge in [0.15, 0.2) is 0 Å². The molecule has 0 aliphatic heterocycles. The van der Waals surface area contributed by atoms with Crippen molar-refractivity contribution in [3.8, 4) is 0 Å². The third-order valence-corrected chi connectivity index (χ3v) is 4.79. The number of thiophene rings is 2. The summed E-state index contributed by atoms with van der Waals surface area (Å²) in [4.78, 5) is 0. The fourth-order valence-electron chi connectivity index (χ4n) is 2.33. The van der Waals surface area contributed by atoms with Gasteiger partial charge in [-0.25, -0.2) is 0 Å². The Hall–Kier alpha value is -1.48. The van der Waals surface area contributed by atoms with E-state index >= 15 is 0 Å². The Morgan fingerprint density at radius 3 is 1.58 bits per heavy atom. The summed E-state index contributed by atoms with van der Waals surface area (Å²) in [7, 11) is 0. The van der Waals surface area contributed by atoms with Crippen LogP contribution in [0.1, 0.15) is 17.5 Å². The van der Waals surface area contributed by atoms with E-state index in [2.05, 4.69) is 0 Å². The SMILES string of the molecule is NCCC(N)(c1c(N)csc1N)c1c(N)csc1N. The molecule has 2 heterocycles. The molecule has 0 aliphatic carbocycles. The zero-order valence-corrected chi connectivity index (χ0v) is 12.0. The molecule has 0 saturated heterocycles. The van der Waals surface area contributed by atoms with E-state index in [9.17, 15) is 0 Å². The van der Waals surface area contributed by atoms with Crippen LogP contribution in [0.15, 0.2) is 10.8 Å². The predicted molar refractivity (Wildman–Crippen MR) is 84.9 cm³/mol. The molecule has 2 aromatic rings. The number of nitrogen functional groups attached to an aromatic ring is 4. The van der Waals surface area contributed by atoms with Crippen molar-refractivity contribution in [3.05, 3.63) is 21.9 Å². The summed E-state index contributed by atoms with van der Waals surface area (Å²) in [6, 6.07) is 0. The fourth-order valence-corrected chi connectivity index (χ4v) is 3.91. The average Bonchev–Trinajstić information content (AvgIpc) is 2.83. The third kappa shape index (κ3) is 2.12. The van der Waals surface area contributed by atoms with Gasteiger partial charge in [-0.2, -0.15) is 0 Å². The zero-order valence-electron chi connectivity index (χ0n) is 10.3. The quantitative estimate of drug-likeness (QED) is 0.487. The molecule has 8 heteroatoms. The van der Waals surface area contributed by atoms with Crippen molar-refractivity contribution >= 4 is 44.1 Å². The lowest BCUT2D eigenvalue weighted by atomic mass is 9.81.